The van der Waals surface area contributed by atoms with E-state index in [2.05, 4.69) is 10.3 Å². The van der Waals surface area contributed by atoms with E-state index in [0.29, 0.717) is 5.56 Å². The lowest BCUT2D eigenvalue weighted by atomic mass is 10.0. The molecule has 1 amide bonds. The summed E-state index contributed by atoms with van der Waals surface area (Å²) in [6.07, 6.45) is 4.82. The summed E-state index contributed by atoms with van der Waals surface area (Å²) >= 11 is 0. The third kappa shape index (κ3) is 2.34. The van der Waals surface area contributed by atoms with Crippen LogP contribution in [0.1, 0.15) is 28.8 Å². The van der Waals surface area contributed by atoms with Gasteiger partial charge in [-0.25, -0.2) is 4.39 Å². The number of halogens is 1. The van der Waals surface area contributed by atoms with Crippen molar-refractivity contribution in [3.8, 4) is 0 Å². The molecule has 0 aliphatic heterocycles. The van der Waals surface area contributed by atoms with Gasteiger partial charge in [0, 0.05) is 12.4 Å². The van der Waals surface area contributed by atoms with Crippen LogP contribution in [0.5, 0.6) is 0 Å². The number of amides is 1. The predicted molar refractivity (Wildman–Crippen MR) is 69.0 cm³/mol. The molecule has 1 saturated carbocycles. The van der Waals surface area contributed by atoms with Crippen molar-refractivity contribution in [1.82, 2.24) is 10.3 Å². The fourth-order valence-corrected chi connectivity index (χ4v) is 2.18. The molecule has 0 atom stereocenters. The van der Waals surface area contributed by atoms with E-state index >= 15 is 0 Å². The highest BCUT2D eigenvalue weighted by atomic mass is 19.1. The Morgan fingerprint density at radius 2 is 2.11 bits per heavy atom. The van der Waals surface area contributed by atoms with Gasteiger partial charge in [0.25, 0.3) is 5.91 Å². The maximum atomic E-state index is 13.3. The zero-order valence-electron chi connectivity index (χ0n) is 10.3. The normalized spacial score (nSPS) is 15.8. The van der Waals surface area contributed by atoms with Crippen molar-refractivity contribution in [3.63, 3.8) is 0 Å². The molecule has 0 saturated heterocycles. The Bertz CT molecular complexity index is 609. The van der Waals surface area contributed by atoms with Gasteiger partial charge in [0.2, 0.25) is 0 Å². The Balaban J connectivity index is 1.82. The number of hydrogen-bond donors (Lipinski definition) is 1. The second-order valence-corrected chi connectivity index (χ2v) is 4.79. The van der Waals surface area contributed by atoms with Gasteiger partial charge in [-0.15, -0.1) is 0 Å². The third-order valence-electron chi connectivity index (χ3n) is 3.40. The highest BCUT2D eigenvalue weighted by Gasteiger charge is 2.45. The Labute approximate surface area is 110 Å². The summed E-state index contributed by atoms with van der Waals surface area (Å²) in [6, 6.07) is 9.83. The smallest absolute Gasteiger partial charge is 0.253 e. The number of rotatable bonds is 3. The van der Waals surface area contributed by atoms with Gasteiger partial charge >= 0.3 is 0 Å². The van der Waals surface area contributed by atoms with Gasteiger partial charge in [0.05, 0.1) is 11.1 Å². The summed E-state index contributed by atoms with van der Waals surface area (Å²) in [6.45, 7) is 0. The molecule has 0 bridgehead atoms. The summed E-state index contributed by atoms with van der Waals surface area (Å²) in [5.74, 6) is -0.450. The third-order valence-corrected chi connectivity index (χ3v) is 3.40. The molecular weight excluding hydrogens is 243 g/mol. The van der Waals surface area contributed by atoms with E-state index in [4.69, 9.17) is 0 Å². The lowest BCUT2D eigenvalue weighted by Gasteiger charge is -2.18. The van der Waals surface area contributed by atoms with Crippen molar-refractivity contribution in [1.29, 1.82) is 0 Å². The van der Waals surface area contributed by atoms with Crippen LogP contribution in [0, 0.1) is 5.82 Å². The number of carbonyl (C=O) groups is 1. The maximum absolute atomic E-state index is 13.3. The molecule has 1 N–H and O–H groups in total. The molecule has 1 aliphatic rings. The molecule has 0 radical (unpaired) electrons. The molecule has 0 unspecified atom stereocenters. The highest BCUT2D eigenvalue weighted by molar-refractivity contribution is 5.94. The number of benzene rings is 1. The predicted octanol–water partition coefficient (Wildman–Crippen LogP) is 2.64. The number of carbonyl (C=O) groups excluding carboxylic acids is 1. The topological polar surface area (TPSA) is 42.0 Å². The Morgan fingerprint density at radius 1 is 1.26 bits per heavy atom. The van der Waals surface area contributed by atoms with E-state index in [1.807, 2.05) is 6.07 Å². The zero-order valence-corrected chi connectivity index (χ0v) is 10.3. The van der Waals surface area contributed by atoms with Crippen LogP contribution >= 0.6 is 0 Å². The first kappa shape index (κ1) is 11.8. The second-order valence-electron chi connectivity index (χ2n) is 4.79. The monoisotopic (exact) mass is 256 g/mol. The van der Waals surface area contributed by atoms with Crippen molar-refractivity contribution >= 4 is 5.91 Å². The van der Waals surface area contributed by atoms with Crippen LogP contribution in [-0.4, -0.2) is 10.9 Å². The van der Waals surface area contributed by atoms with Crippen LogP contribution < -0.4 is 5.32 Å². The number of nitrogens with zero attached hydrogens (tertiary/aromatic N) is 1. The van der Waals surface area contributed by atoms with Crippen LogP contribution in [0.25, 0.3) is 0 Å². The molecule has 1 aliphatic carbocycles. The molecule has 19 heavy (non-hydrogen) atoms. The van der Waals surface area contributed by atoms with Gasteiger partial charge in [-0.1, -0.05) is 12.1 Å². The number of aromatic nitrogens is 1. The van der Waals surface area contributed by atoms with Gasteiger partial charge in [-0.05, 0) is 42.7 Å². The minimum Gasteiger partial charge on any atom is -0.342 e. The standard InChI is InChI=1S/C15H13FN2O/c16-13-5-1-4-12(9-13)15(6-7-15)18-14(19)11-3-2-8-17-10-11/h1-5,8-10H,6-7H2,(H,18,19). The first-order valence-electron chi connectivity index (χ1n) is 6.18. The molecule has 96 valence electrons. The van der Waals surface area contributed by atoms with Crippen LogP contribution in [-0.2, 0) is 5.54 Å². The van der Waals surface area contributed by atoms with Crippen LogP contribution in [0.3, 0.4) is 0 Å². The fourth-order valence-electron chi connectivity index (χ4n) is 2.18. The van der Waals surface area contributed by atoms with E-state index in [1.54, 1.807) is 24.4 Å². The van der Waals surface area contributed by atoms with Crippen LogP contribution in [0.15, 0.2) is 48.8 Å². The molecule has 4 heteroatoms. The second kappa shape index (κ2) is 4.46. The summed E-state index contributed by atoms with van der Waals surface area (Å²) in [5, 5.41) is 2.98. The summed E-state index contributed by atoms with van der Waals surface area (Å²) in [4.78, 5) is 16.0. The van der Waals surface area contributed by atoms with Gasteiger partial charge in [0.15, 0.2) is 0 Å². The fraction of sp³-hybridized carbons (Fsp3) is 0.200. The average molecular weight is 256 g/mol. The van der Waals surface area contributed by atoms with Crippen LogP contribution in [0.2, 0.25) is 0 Å². The lowest BCUT2D eigenvalue weighted by Crippen LogP contribution is -2.34. The largest absolute Gasteiger partial charge is 0.342 e. The number of nitrogens with one attached hydrogen (secondary N) is 1. The van der Waals surface area contributed by atoms with Gasteiger partial charge in [0.1, 0.15) is 5.82 Å². The molecule has 2 aromatic rings. The SMILES string of the molecule is O=C(NC1(c2cccc(F)c2)CC1)c1cccnc1. The van der Waals surface area contributed by atoms with E-state index in [-0.39, 0.29) is 11.7 Å². The van der Waals surface area contributed by atoms with Gasteiger partial charge in [-0.2, -0.15) is 0 Å². The zero-order chi connectivity index (χ0) is 13.3. The minimum absolute atomic E-state index is 0.171. The van der Waals surface area contributed by atoms with Crippen molar-refractivity contribution in [2.24, 2.45) is 0 Å². The lowest BCUT2D eigenvalue weighted by molar-refractivity contribution is 0.0930. The summed E-state index contributed by atoms with van der Waals surface area (Å²) in [5.41, 5.74) is 0.935. The molecule has 3 nitrogen and oxygen atoms in total. The molecule has 1 aromatic carbocycles. The molecule has 1 fully saturated rings. The number of pyridine rings is 1. The average Bonchev–Trinajstić information content (AvgIpc) is 3.21. The first-order valence-corrected chi connectivity index (χ1v) is 6.18. The minimum atomic E-state index is -0.408. The van der Waals surface area contributed by atoms with E-state index in [9.17, 15) is 9.18 Å². The number of hydrogen-bond acceptors (Lipinski definition) is 2. The van der Waals surface area contributed by atoms with Crippen molar-refractivity contribution in [2.45, 2.75) is 18.4 Å². The quantitative estimate of drug-likeness (QED) is 0.917. The van der Waals surface area contributed by atoms with Gasteiger partial charge in [-0.3, -0.25) is 9.78 Å². The molecule has 3 rings (SSSR count). The Morgan fingerprint density at radius 3 is 2.74 bits per heavy atom. The molecule has 0 spiro atoms. The van der Waals surface area contributed by atoms with E-state index in [0.717, 1.165) is 18.4 Å². The molecule has 1 heterocycles. The molecular formula is C15H13FN2O. The molecule has 1 aromatic heterocycles. The van der Waals surface area contributed by atoms with E-state index < -0.39 is 5.54 Å². The highest BCUT2D eigenvalue weighted by Crippen LogP contribution is 2.45. The maximum Gasteiger partial charge on any atom is 0.253 e. The van der Waals surface area contributed by atoms with Crippen molar-refractivity contribution in [2.75, 3.05) is 0 Å². The van der Waals surface area contributed by atoms with E-state index in [1.165, 1.54) is 18.3 Å². The Kier molecular flexibility index (Phi) is 2.78. The van der Waals surface area contributed by atoms with Gasteiger partial charge < -0.3 is 5.32 Å². The Hall–Kier alpha value is -2.23. The van der Waals surface area contributed by atoms with Crippen LogP contribution in [0.4, 0.5) is 4.39 Å². The summed E-state index contributed by atoms with van der Waals surface area (Å²) in [7, 11) is 0. The van der Waals surface area contributed by atoms with Crippen molar-refractivity contribution < 1.29 is 9.18 Å². The van der Waals surface area contributed by atoms with Crippen molar-refractivity contribution in [3.05, 3.63) is 65.7 Å². The summed E-state index contributed by atoms with van der Waals surface area (Å²) < 4.78 is 13.3. The first-order chi connectivity index (χ1) is 9.20.